The van der Waals surface area contributed by atoms with Crippen molar-refractivity contribution in [2.75, 3.05) is 19.6 Å². The van der Waals surface area contributed by atoms with E-state index in [1.807, 2.05) is 0 Å². The van der Waals surface area contributed by atoms with E-state index in [1.165, 1.54) is 37.8 Å². The van der Waals surface area contributed by atoms with Crippen molar-refractivity contribution >= 4 is 0 Å². The molecule has 1 N–H and O–H groups in total. The monoisotopic (exact) mass is 288 g/mol. The number of nitrogens with zero attached hydrogens (tertiary/aromatic N) is 1. The van der Waals surface area contributed by atoms with Gasteiger partial charge in [0, 0.05) is 18.6 Å². The van der Waals surface area contributed by atoms with Crippen LogP contribution >= 0.6 is 0 Å². The summed E-state index contributed by atoms with van der Waals surface area (Å²) in [5.41, 5.74) is 1.76. The standard InChI is InChI=1S/C19H32N2/c1-5-6-7-11-14-21-16-18(2,3)20-15-19(21,4)17-12-9-8-10-13-17/h8-10,12-13,20H,5-7,11,14-16H2,1-4H3. The number of hydrogen-bond donors (Lipinski definition) is 1. The fourth-order valence-electron chi connectivity index (χ4n) is 3.37. The first-order chi connectivity index (χ1) is 9.98. The van der Waals surface area contributed by atoms with E-state index >= 15 is 0 Å². The van der Waals surface area contributed by atoms with Gasteiger partial charge in [-0.05, 0) is 39.3 Å². The van der Waals surface area contributed by atoms with E-state index in [2.05, 4.69) is 68.2 Å². The molecule has 1 aromatic carbocycles. The number of unbranched alkanes of at least 4 members (excludes halogenated alkanes) is 3. The van der Waals surface area contributed by atoms with Gasteiger partial charge in [0.25, 0.3) is 0 Å². The Morgan fingerprint density at radius 2 is 1.76 bits per heavy atom. The largest absolute Gasteiger partial charge is 0.308 e. The SMILES string of the molecule is CCCCCCN1CC(C)(C)NCC1(C)c1ccccc1. The first-order valence-electron chi connectivity index (χ1n) is 8.53. The second-order valence-corrected chi connectivity index (χ2v) is 7.36. The Morgan fingerprint density at radius 3 is 2.43 bits per heavy atom. The van der Waals surface area contributed by atoms with Crippen molar-refractivity contribution in [2.45, 2.75) is 64.5 Å². The first-order valence-corrected chi connectivity index (χ1v) is 8.53. The molecule has 1 saturated heterocycles. The summed E-state index contributed by atoms with van der Waals surface area (Å²) < 4.78 is 0. The number of benzene rings is 1. The van der Waals surface area contributed by atoms with Crippen molar-refractivity contribution in [1.82, 2.24) is 10.2 Å². The Morgan fingerprint density at radius 1 is 1.05 bits per heavy atom. The zero-order valence-electron chi connectivity index (χ0n) is 14.3. The highest BCUT2D eigenvalue weighted by atomic mass is 15.3. The number of nitrogens with one attached hydrogen (secondary N) is 1. The van der Waals surface area contributed by atoms with E-state index in [1.54, 1.807) is 0 Å². The highest BCUT2D eigenvalue weighted by Crippen LogP contribution is 2.33. The van der Waals surface area contributed by atoms with Gasteiger partial charge in [0.1, 0.15) is 0 Å². The summed E-state index contributed by atoms with van der Waals surface area (Å²) in [5.74, 6) is 0. The highest BCUT2D eigenvalue weighted by molar-refractivity contribution is 5.26. The molecule has 1 aromatic rings. The second kappa shape index (κ2) is 6.93. The molecule has 0 radical (unpaired) electrons. The molecule has 2 rings (SSSR count). The normalized spacial score (nSPS) is 25.9. The number of hydrogen-bond acceptors (Lipinski definition) is 2. The van der Waals surface area contributed by atoms with Gasteiger partial charge >= 0.3 is 0 Å². The topological polar surface area (TPSA) is 15.3 Å². The van der Waals surface area contributed by atoms with Crippen LogP contribution in [-0.2, 0) is 5.54 Å². The lowest BCUT2D eigenvalue weighted by Gasteiger charge is -2.51. The van der Waals surface area contributed by atoms with Crippen molar-refractivity contribution in [3.8, 4) is 0 Å². The lowest BCUT2D eigenvalue weighted by molar-refractivity contribution is 0.0228. The zero-order valence-corrected chi connectivity index (χ0v) is 14.3. The number of rotatable bonds is 6. The van der Waals surface area contributed by atoms with E-state index in [-0.39, 0.29) is 11.1 Å². The first kappa shape index (κ1) is 16.5. The molecule has 0 spiro atoms. The Balaban J connectivity index is 2.12. The molecule has 1 unspecified atom stereocenters. The summed E-state index contributed by atoms with van der Waals surface area (Å²) in [6, 6.07) is 11.0. The van der Waals surface area contributed by atoms with E-state index in [0.29, 0.717) is 0 Å². The van der Waals surface area contributed by atoms with Crippen molar-refractivity contribution in [2.24, 2.45) is 0 Å². The second-order valence-electron chi connectivity index (χ2n) is 7.36. The molecule has 0 aromatic heterocycles. The van der Waals surface area contributed by atoms with Gasteiger partial charge in [-0.2, -0.15) is 0 Å². The van der Waals surface area contributed by atoms with Crippen LogP contribution in [0.5, 0.6) is 0 Å². The summed E-state index contributed by atoms with van der Waals surface area (Å²) in [7, 11) is 0. The average Bonchev–Trinajstić information content (AvgIpc) is 2.48. The predicted octanol–water partition coefficient (Wildman–Crippen LogP) is 4.17. The molecule has 118 valence electrons. The third kappa shape index (κ3) is 4.08. The van der Waals surface area contributed by atoms with Gasteiger partial charge in [0.05, 0.1) is 5.54 Å². The van der Waals surface area contributed by atoms with Crippen molar-refractivity contribution in [3.05, 3.63) is 35.9 Å². The Bertz CT molecular complexity index is 426. The minimum Gasteiger partial charge on any atom is -0.308 e. The van der Waals surface area contributed by atoms with E-state index < -0.39 is 0 Å². The summed E-state index contributed by atoms with van der Waals surface area (Å²) in [6.45, 7) is 12.7. The van der Waals surface area contributed by atoms with Crippen LogP contribution in [0.4, 0.5) is 0 Å². The van der Waals surface area contributed by atoms with Crippen LogP contribution in [0.15, 0.2) is 30.3 Å². The molecule has 1 aliphatic rings. The molecule has 1 atom stereocenters. The lowest BCUT2D eigenvalue weighted by Crippen LogP contribution is -2.65. The molecule has 2 heteroatoms. The minimum atomic E-state index is 0.114. The van der Waals surface area contributed by atoms with Gasteiger partial charge in [-0.3, -0.25) is 4.90 Å². The summed E-state index contributed by atoms with van der Waals surface area (Å²) in [6.07, 6.45) is 5.33. The molecule has 1 aliphatic heterocycles. The molecular weight excluding hydrogens is 256 g/mol. The fraction of sp³-hybridized carbons (Fsp3) is 0.684. The highest BCUT2D eigenvalue weighted by Gasteiger charge is 2.41. The Labute approximate surface area is 130 Å². The molecular formula is C19H32N2. The van der Waals surface area contributed by atoms with Gasteiger partial charge in [-0.1, -0.05) is 56.5 Å². The lowest BCUT2D eigenvalue weighted by atomic mass is 9.84. The maximum absolute atomic E-state index is 3.74. The smallest absolute Gasteiger partial charge is 0.0558 e. The third-order valence-electron chi connectivity index (χ3n) is 4.87. The van der Waals surface area contributed by atoms with Crippen molar-refractivity contribution in [3.63, 3.8) is 0 Å². The van der Waals surface area contributed by atoms with Crippen molar-refractivity contribution in [1.29, 1.82) is 0 Å². The van der Waals surface area contributed by atoms with Gasteiger partial charge in [-0.15, -0.1) is 0 Å². The zero-order chi connectivity index (χ0) is 15.3. The van der Waals surface area contributed by atoms with Gasteiger partial charge in [0.2, 0.25) is 0 Å². The Hall–Kier alpha value is -0.860. The van der Waals surface area contributed by atoms with Crippen LogP contribution in [0.25, 0.3) is 0 Å². The van der Waals surface area contributed by atoms with E-state index in [4.69, 9.17) is 0 Å². The number of piperazine rings is 1. The Kier molecular flexibility index (Phi) is 5.45. The molecule has 0 saturated carbocycles. The van der Waals surface area contributed by atoms with Crippen LogP contribution in [0.1, 0.15) is 58.9 Å². The van der Waals surface area contributed by atoms with Gasteiger partial charge < -0.3 is 5.32 Å². The van der Waals surface area contributed by atoms with E-state index in [9.17, 15) is 0 Å². The van der Waals surface area contributed by atoms with Crippen LogP contribution < -0.4 is 5.32 Å². The quantitative estimate of drug-likeness (QED) is 0.791. The molecule has 2 nitrogen and oxygen atoms in total. The van der Waals surface area contributed by atoms with Crippen LogP contribution in [0.3, 0.4) is 0 Å². The summed E-state index contributed by atoms with van der Waals surface area (Å²) in [4.78, 5) is 2.70. The van der Waals surface area contributed by atoms with E-state index in [0.717, 1.165) is 13.1 Å². The maximum atomic E-state index is 3.74. The molecule has 21 heavy (non-hydrogen) atoms. The maximum Gasteiger partial charge on any atom is 0.0558 e. The average molecular weight is 288 g/mol. The summed E-state index contributed by atoms with van der Waals surface area (Å²) in [5, 5.41) is 3.74. The van der Waals surface area contributed by atoms with Crippen LogP contribution in [0.2, 0.25) is 0 Å². The van der Waals surface area contributed by atoms with Gasteiger partial charge in [-0.25, -0.2) is 0 Å². The van der Waals surface area contributed by atoms with Gasteiger partial charge in [0.15, 0.2) is 0 Å². The molecule has 0 amide bonds. The molecule has 1 heterocycles. The predicted molar refractivity (Wildman–Crippen MR) is 91.6 cm³/mol. The minimum absolute atomic E-state index is 0.114. The van der Waals surface area contributed by atoms with Crippen LogP contribution in [0, 0.1) is 0 Å². The molecule has 0 aliphatic carbocycles. The molecule has 0 bridgehead atoms. The third-order valence-corrected chi connectivity index (χ3v) is 4.87. The fourth-order valence-corrected chi connectivity index (χ4v) is 3.37. The summed E-state index contributed by atoms with van der Waals surface area (Å²) >= 11 is 0. The molecule has 1 fully saturated rings. The van der Waals surface area contributed by atoms with Crippen LogP contribution in [-0.4, -0.2) is 30.1 Å². The van der Waals surface area contributed by atoms with Crippen molar-refractivity contribution < 1.29 is 0 Å².